The van der Waals surface area contributed by atoms with Gasteiger partial charge in [0.1, 0.15) is 0 Å². The Kier molecular flexibility index (Phi) is 3.43. The van der Waals surface area contributed by atoms with Crippen molar-refractivity contribution >= 4 is 5.91 Å². The molecule has 1 aromatic heterocycles. The number of hydrogen-bond acceptors (Lipinski definition) is 3. The van der Waals surface area contributed by atoms with E-state index < -0.39 is 5.41 Å². The van der Waals surface area contributed by atoms with Crippen LogP contribution in [0.2, 0.25) is 0 Å². The molecular formula is C13H18N2O2. The Hall–Kier alpha value is -1.42. The van der Waals surface area contributed by atoms with E-state index in [9.17, 15) is 9.90 Å². The van der Waals surface area contributed by atoms with Crippen LogP contribution in [-0.2, 0) is 11.3 Å². The topological polar surface area (TPSA) is 53.4 Å². The van der Waals surface area contributed by atoms with Crippen LogP contribution in [0, 0.1) is 5.41 Å². The molecule has 0 unspecified atom stereocenters. The number of hydrogen-bond donors (Lipinski definition) is 1. The summed E-state index contributed by atoms with van der Waals surface area (Å²) in [7, 11) is 1.79. The number of nitrogens with zero attached hydrogens (tertiary/aromatic N) is 2. The predicted molar refractivity (Wildman–Crippen MR) is 64.1 cm³/mol. The standard InChI is InChI=1S/C13H18N2O2/c1-15(9-11-3-7-14-8-4-11)12(17)13(10-16)5-2-6-13/h3-4,7-8,16H,2,5-6,9-10H2,1H3. The second-order valence-electron chi connectivity index (χ2n) is 4.81. The van der Waals surface area contributed by atoms with Gasteiger partial charge in [0.15, 0.2) is 0 Å². The van der Waals surface area contributed by atoms with Gasteiger partial charge in [-0.2, -0.15) is 0 Å². The SMILES string of the molecule is CN(Cc1ccncc1)C(=O)C1(CO)CCC1. The van der Waals surface area contributed by atoms with E-state index in [1.165, 1.54) is 0 Å². The van der Waals surface area contributed by atoms with E-state index in [4.69, 9.17) is 0 Å². The van der Waals surface area contributed by atoms with Crippen molar-refractivity contribution in [1.82, 2.24) is 9.88 Å². The zero-order valence-electron chi connectivity index (χ0n) is 10.1. The van der Waals surface area contributed by atoms with Crippen LogP contribution in [0.25, 0.3) is 0 Å². The Morgan fingerprint density at radius 2 is 2.12 bits per heavy atom. The molecule has 1 aliphatic carbocycles. The van der Waals surface area contributed by atoms with Crippen molar-refractivity contribution < 1.29 is 9.90 Å². The minimum Gasteiger partial charge on any atom is -0.395 e. The fourth-order valence-electron chi connectivity index (χ4n) is 2.28. The van der Waals surface area contributed by atoms with Crippen molar-refractivity contribution in [2.75, 3.05) is 13.7 Å². The van der Waals surface area contributed by atoms with E-state index in [0.717, 1.165) is 24.8 Å². The molecule has 0 saturated heterocycles. The van der Waals surface area contributed by atoms with Crippen LogP contribution in [0.15, 0.2) is 24.5 Å². The first kappa shape index (κ1) is 12.0. The molecule has 0 aliphatic heterocycles. The minimum absolute atomic E-state index is 0.0352. The second kappa shape index (κ2) is 4.84. The van der Waals surface area contributed by atoms with Crippen LogP contribution in [0.3, 0.4) is 0 Å². The highest BCUT2D eigenvalue weighted by Crippen LogP contribution is 2.41. The van der Waals surface area contributed by atoms with Crippen LogP contribution in [0.4, 0.5) is 0 Å². The van der Waals surface area contributed by atoms with Crippen LogP contribution < -0.4 is 0 Å². The maximum absolute atomic E-state index is 12.2. The van der Waals surface area contributed by atoms with Crippen molar-refractivity contribution in [2.24, 2.45) is 5.41 Å². The first-order valence-electron chi connectivity index (χ1n) is 5.93. The van der Waals surface area contributed by atoms with E-state index in [1.807, 2.05) is 12.1 Å². The summed E-state index contributed by atoms with van der Waals surface area (Å²) in [6.45, 7) is 0.537. The summed E-state index contributed by atoms with van der Waals surface area (Å²) in [6.07, 6.45) is 6.10. The van der Waals surface area contributed by atoms with Gasteiger partial charge in [-0.25, -0.2) is 0 Å². The van der Waals surface area contributed by atoms with Crippen LogP contribution in [0.1, 0.15) is 24.8 Å². The monoisotopic (exact) mass is 234 g/mol. The Bertz CT molecular complexity index is 382. The van der Waals surface area contributed by atoms with Gasteiger partial charge in [-0.05, 0) is 30.5 Å². The number of aromatic nitrogens is 1. The lowest BCUT2D eigenvalue weighted by molar-refractivity contribution is -0.150. The normalized spacial score (nSPS) is 17.3. The minimum atomic E-state index is -0.498. The summed E-state index contributed by atoms with van der Waals surface area (Å²) in [6, 6.07) is 3.80. The molecule has 0 radical (unpaired) electrons. The quantitative estimate of drug-likeness (QED) is 0.851. The summed E-state index contributed by atoms with van der Waals surface area (Å²) in [5.41, 5.74) is 0.560. The number of carbonyl (C=O) groups excluding carboxylic acids is 1. The Labute approximate surface area is 101 Å². The molecule has 4 heteroatoms. The molecule has 1 aromatic rings. The van der Waals surface area contributed by atoms with Gasteiger partial charge >= 0.3 is 0 Å². The number of aliphatic hydroxyl groups is 1. The van der Waals surface area contributed by atoms with Gasteiger partial charge in [0.25, 0.3) is 0 Å². The van der Waals surface area contributed by atoms with Crippen LogP contribution >= 0.6 is 0 Å². The molecule has 1 fully saturated rings. The van der Waals surface area contributed by atoms with Gasteiger partial charge in [-0.3, -0.25) is 9.78 Å². The zero-order valence-corrected chi connectivity index (χ0v) is 10.1. The average molecular weight is 234 g/mol. The summed E-state index contributed by atoms with van der Waals surface area (Å²) in [4.78, 5) is 17.9. The third-order valence-electron chi connectivity index (χ3n) is 3.58. The van der Waals surface area contributed by atoms with Crippen LogP contribution in [-0.4, -0.2) is 34.6 Å². The Morgan fingerprint density at radius 3 is 2.59 bits per heavy atom. The van der Waals surface area contributed by atoms with Crippen molar-refractivity contribution in [2.45, 2.75) is 25.8 Å². The molecule has 0 atom stereocenters. The predicted octanol–water partition coefficient (Wildman–Crippen LogP) is 1.20. The Balaban J connectivity index is 2.00. The maximum Gasteiger partial charge on any atom is 0.231 e. The number of pyridine rings is 1. The van der Waals surface area contributed by atoms with E-state index in [-0.39, 0.29) is 12.5 Å². The van der Waals surface area contributed by atoms with Gasteiger partial charge in [0.2, 0.25) is 5.91 Å². The molecule has 1 aliphatic rings. The van der Waals surface area contributed by atoms with Gasteiger partial charge in [0, 0.05) is 26.0 Å². The summed E-state index contributed by atoms with van der Waals surface area (Å²) in [5.74, 6) is 0.0584. The number of carbonyl (C=O) groups is 1. The highest BCUT2D eigenvalue weighted by Gasteiger charge is 2.44. The van der Waals surface area contributed by atoms with E-state index in [1.54, 1.807) is 24.3 Å². The molecule has 0 bridgehead atoms. The molecule has 0 aromatic carbocycles. The molecule has 1 saturated carbocycles. The fourth-order valence-corrected chi connectivity index (χ4v) is 2.28. The van der Waals surface area contributed by atoms with E-state index in [2.05, 4.69) is 4.98 Å². The van der Waals surface area contributed by atoms with Crippen LogP contribution in [0.5, 0.6) is 0 Å². The second-order valence-corrected chi connectivity index (χ2v) is 4.81. The molecule has 17 heavy (non-hydrogen) atoms. The van der Waals surface area contributed by atoms with Gasteiger partial charge in [-0.1, -0.05) is 6.42 Å². The highest BCUT2D eigenvalue weighted by molar-refractivity contribution is 5.83. The lowest BCUT2D eigenvalue weighted by Gasteiger charge is -2.41. The van der Waals surface area contributed by atoms with Crippen molar-refractivity contribution in [1.29, 1.82) is 0 Å². The zero-order chi connectivity index (χ0) is 12.3. The van der Waals surface area contributed by atoms with Gasteiger partial charge < -0.3 is 10.0 Å². The molecule has 0 spiro atoms. The number of amides is 1. The molecule has 2 rings (SSSR count). The number of rotatable bonds is 4. The smallest absolute Gasteiger partial charge is 0.231 e. The lowest BCUT2D eigenvalue weighted by Crippen LogP contribution is -2.48. The van der Waals surface area contributed by atoms with E-state index in [0.29, 0.717) is 6.54 Å². The molecule has 92 valence electrons. The summed E-state index contributed by atoms with van der Waals surface area (Å²) in [5, 5.41) is 9.36. The van der Waals surface area contributed by atoms with Crippen molar-refractivity contribution in [3.05, 3.63) is 30.1 Å². The lowest BCUT2D eigenvalue weighted by atomic mass is 9.68. The third kappa shape index (κ3) is 2.31. The van der Waals surface area contributed by atoms with Gasteiger partial charge in [-0.15, -0.1) is 0 Å². The van der Waals surface area contributed by atoms with E-state index >= 15 is 0 Å². The largest absolute Gasteiger partial charge is 0.395 e. The molecule has 1 N–H and O–H groups in total. The maximum atomic E-state index is 12.2. The summed E-state index contributed by atoms with van der Waals surface area (Å²) >= 11 is 0. The Morgan fingerprint density at radius 1 is 1.47 bits per heavy atom. The fraction of sp³-hybridized carbons (Fsp3) is 0.538. The molecule has 1 heterocycles. The third-order valence-corrected chi connectivity index (χ3v) is 3.58. The first-order chi connectivity index (χ1) is 8.18. The molecular weight excluding hydrogens is 216 g/mol. The highest BCUT2D eigenvalue weighted by atomic mass is 16.3. The first-order valence-corrected chi connectivity index (χ1v) is 5.93. The summed E-state index contributed by atoms with van der Waals surface area (Å²) < 4.78 is 0. The number of aliphatic hydroxyl groups excluding tert-OH is 1. The van der Waals surface area contributed by atoms with Gasteiger partial charge in [0.05, 0.1) is 12.0 Å². The average Bonchev–Trinajstić information content (AvgIpc) is 2.29. The molecule has 4 nitrogen and oxygen atoms in total. The molecule has 1 amide bonds. The van der Waals surface area contributed by atoms with Crippen molar-refractivity contribution in [3.63, 3.8) is 0 Å². The van der Waals surface area contributed by atoms with Crippen molar-refractivity contribution in [3.8, 4) is 0 Å².